The summed E-state index contributed by atoms with van der Waals surface area (Å²) in [5.74, 6) is 0.285. The molecule has 1 amide bonds. The van der Waals surface area contributed by atoms with Crippen LogP contribution >= 0.6 is 0 Å². The second kappa shape index (κ2) is 6.44. The van der Waals surface area contributed by atoms with Crippen molar-refractivity contribution in [1.82, 2.24) is 9.88 Å². The first-order chi connectivity index (χ1) is 9.54. The first kappa shape index (κ1) is 15.1. The van der Waals surface area contributed by atoms with E-state index >= 15 is 0 Å². The van der Waals surface area contributed by atoms with E-state index in [9.17, 15) is 9.90 Å². The number of nitrogens with one attached hydrogen (secondary N) is 1. The molecule has 2 rings (SSSR count). The van der Waals surface area contributed by atoms with Crippen molar-refractivity contribution in [3.8, 4) is 0 Å². The highest BCUT2D eigenvalue weighted by molar-refractivity contribution is 5.95. The highest BCUT2D eigenvalue weighted by Crippen LogP contribution is 2.27. The Morgan fingerprint density at radius 1 is 1.45 bits per heavy atom. The molecule has 1 fully saturated rings. The van der Waals surface area contributed by atoms with E-state index in [1.807, 2.05) is 19.9 Å². The van der Waals surface area contributed by atoms with Gasteiger partial charge in [-0.3, -0.25) is 4.79 Å². The van der Waals surface area contributed by atoms with Crippen LogP contribution in [0.15, 0.2) is 6.07 Å². The van der Waals surface area contributed by atoms with Crippen molar-refractivity contribution in [3.63, 3.8) is 0 Å². The lowest BCUT2D eigenvalue weighted by Gasteiger charge is -2.18. The number of aromatic nitrogens is 1. The average Bonchev–Trinajstić information content (AvgIpc) is 3.04. The van der Waals surface area contributed by atoms with Crippen LogP contribution in [0.25, 0.3) is 0 Å². The maximum absolute atomic E-state index is 12.2. The third-order valence-corrected chi connectivity index (χ3v) is 4.55. The van der Waals surface area contributed by atoms with E-state index in [1.54, 1.807) is 0 Å². The number of carbonyl (C=O) groups is 1. The molecule has 112 valence electrons. The van der Waals surface area contributed by atoms with Crippen LogP contribution in [0.3, 0.4) is 0 Å². The first-order valence-electron chi connectivity index (χ1n) is 7.67. The van der Waals surface area contributed by atoms with Gasteiger partial charge >= 0.3 is 0 Å². The molecule has 1 heterocycles. The lowest BCUT2D eigenvalue weighted by Crippen LogP contribution is -2.35. The minimum atomic E-state index is -0.406. The van der Waals surface area contributed by atoms with E-state index in [2.05, 4.69) is 16.8 Å². The molecule has 0 radical (unpaired) electrons. The number of aryl methyl sites for hydroxylation is 1. The van der Waals surface area contributed by atoms with E-state index in [1.165, 1.54) is 12.8 Å². The third kappa shape index (κ3) is 3.06. The largest absolute Gasteiger partial charge is 0.391 e. The Bertz CT molecular complexity index is 473. The van der Waals surface area contributed by atoms with Crippen molar-refractivity contribution in [3.05, 3.63) is 23.0 Å². The van der Waals surface area contributed by atoms with Gasteiger partial charge in [-0.25, -0.2) is 0 Å². The summed E-state index contributed by atoms with van der Waals surface area (Å²) in [6.45, 7) is 7.29. The molecule has 0 aliphatic heterocycles. The molecule has 2 N–H and O–H groups in total. The molecule has 20 heavy (non-hydrogen) atoms. The number of hydrogen-bond acceptors (Lipinski definition) is 2. The van der Waals surface area contributed by atoms with E-state index in [-0.39, 0.29) is 5.91 Å². The van der Waals surface area contributed by atoms with Gasteiger partial charge < -0.3 is 15.0 Å². The third-order valence-electron chi connectivity index (χ3n) is 4.55. The van der Waals surface area contributed by atoms with E-state index in [0.717, 1.165) is 36.3 Å². The van der Waals surface area contributed by atoms with Gasteiger partial charge in [0.25, 0.3) is 5.91 Å². The Kier molecular flexibility index (Phi) is 4.86. The highest BCUT2D eigenvalue weighted by Gasteiger charge is 2.24. The zero-order valence-corrected chi connectivity index (χ0v) is 12.8. The lowest BCUT2D eigenvalue weighted by atomic mass is 10.0. The molecule has 4 nitrogen and oxygen atoms in total. The van der Waals surface area contributed by atoms with Crippen molar-refractivity contribution in [1.29, 1.82) is 0 Å². The Balaban J connectivity index is 1.94. The second-order valence-electron chi connectivity index (χ2n) is 5.85. The van der Waals surface area contributed by atoms with Crippen molar-refractivity contribution in [2.24, 2.45) is 5.92 Å². The average molecular weight is 278 g/mol. The molecule has 1 saturated carbocycles. The zero-order valence-electron chi connectivity index (χ0n) is 12.8. The topological polar surface area (TPSA) is 54.3 Å². The van der Waals surface area contributed by atoms with E-state index < -0.39 is 6.10 Å². The number of rotatable bonds is 5. The normalized spacial score (nSPS) is 17.4. The van der Waals surface area contributed by atoms with Gasteiger partial charge in [-0.2, -0.15) is 0 Å². The SMILES string of the molecule is CCn1c(C)cc(C(=O)NCC(O)C2CCCC2)c1C. The number of nitrogens with zero attached hydrogens (tertiary/aromatic N) is 1. The molecule has 0 bridgehead atoms. The van der Waals surface area contributed by atoms with E-state index in [0.29, 0.717) is 12.5 Å². The summed E-state index contributed by atoms with van der Waals surface area (Å²) in [6, 6.07) is 1.93. The zero-order chi connectivity index (χ0) is 14.7. The maximum atomic E-state index is 12.2. The predicted octanol–water partition coefficient (Wildman–Crippen LogP) is 2.41. The minimum Gasteiger partial charge on any atom is -0.391 e. The van der Waals surface area contributed by atoms with Crippen molar-refractivity contribution < 1.29 is 9.90 Å². The van der Waals surface area contributed by atoms with Gasteiger partial charge in [0.05, 0.1) is 11.7 Å². The second-order valence-corrected chi connectivity index (χ2v) is 5.85. The number of carbonyl (C=O) groups excluding carboxylic acids is 1. The van der Waals surface area contributed by atoms with Crippen LogP contribution in [0.4, 0.5) is 0 Å². The summed E-state index contributed by atoms with van der Waals surface area (Å²) < 4.78 is 2.13. The van der Waals surface area contributed by atoms with Crippen LogP contribution in [0, 0.1) is 19.8 Å². The fourth-order valence-corrected chi connectivity index (χ4v) is 3.32. The fraction of sp³-hybridized carbons (Fsp3) is 0.688. The van der Waals surface area contributed by atoms with Crippen LogP contribution < -0.4 is 5.32 Å². The molecule has 0 saturated heterocycles. The molecule has 1 aliphatic rings. The summed E-state index contributed by atoms with van der Waals surface area (Å²) in [7, 11) is 0. The first-order valence-corrected chi connectivity index (χ1v) is 7.67. The van der Waals surface area contributed by atoms with Crippen LogP contribution in [0.5, 0.6) is 0 Å². The molecule has 1 aliphatic carbocycles. The van der Waals surface area contributed by atoms with Gasteiger partial charge in [-0.15, -0.1) is 0 Å². The van der Waals surface area contributed by atoms with Gasteiger partial charge in [-0.1, -0.05) is 12.8 Å². The van der Waals surface area contributed by atoms with Crippen molar-refractivity contribution in [2.45, 2.75) is 59.1 Å². The maximum Gasteiger partial charge on any atom is 0.253 e. The minimum absolute atomic E-state index is 0.0742. The summed E-state index contributed by atoms with van der Waals surface area (Å²) in [4.78, 5) is 12.2. The molecule has 0 aromatic carbocycles. The van der Waals surface area contributed by atoms with Crippen molar-refractivity contribution in [2.75, 3.05) is 6.54 Å². The molecule has 0 spiro atoms. The summed E-state index contributed by atoms with van der Waals surface area (Å²) >= 11 is 0. The van der Waals surface area contributed by atoms with Crippen LogP contribution in [0.2, 0.25) is 0 Å². The number of aliphatic hydroxyl groups excluding tert-OH is 1. The quantitative estimate of drug-likeness (QED) is 0.869. The Labute approximate surface area is 121 Å². The summed E-state index contributed by atoms with van der Waals surface area (Å²) in [5, 5.41) is 13.0. The molecular formula is C16H26N2O2. The Hall–Kier alpha value is -1.29. The smallest absolute Gasteiger partial charge is 0.253 e. The Morgan fingerprint density at radius 3 is 2.65 bits per heavy atom. The van der Waals surface area contributed by atoms with Gasteiger partial charge in [0.15, 0.2) is 0 Å². The number of amides is 1. The van der Waals surface area contributed by atoms with Crippen LogP contribution in [0.1, 0.15) is 54.4 Å². The van der Waals surface area contributed by atoms with E-state index in [4.69, 9.17) is 0 Å². The van der Waals surface area contributed by atoms with Gasteiger partial charge in [0.2, 0.25) is 0 Å². The molecule has 1 aromatic rings. The standard InChI is InChI=1S/C16H26N2O2/c1-4-18-11(2)9-14(12(18)3)16(20)17-10-15(19)13-7-5-6-8-13/h9,13,15,19H,4-8,10H2,1-3H3,(H,17,20). The van der Waals surface area contributed by atoms with Gasteiger partial charge in [-0.05, 0) is 45.6 Å². The fourth-order valence-electron chi connectivity index (χ4n) is 3.32. The highest BCUT2D eigenvalue weighted by atomic mass is 16.3. The van der Waals surface area contributed by atoms with Gasteiger partial charge in [0, 0.05) is 24.5 Å². The molecule has 1 unspecified atom stereocenters. The lowest BCUT2D eigenvalue weighted by molar-refractivity contribution is 0.0840. The molecular weight excluding hydrogens is 252 g/mol. The van der Waals surface area contributed by atoms with Gasteiger partial charge in [0.1, 0.15) is 0 Å². The monoisotopic (exact) mass is 278 g/mol. The Morgan fingerprint density at radius 2 is 2.10 bits per heavy atom. The van der Waals surface area contributed by atoms with Crippen molar-refractivity contribution >= 4 is 5.91 Å². The predicted molar refractivity (Wildman–Crippen MR) is 79.9 cm³/mol. The number of aliphatic hydroxyl groups is 1. The van der Waals surface area contributed by atoms with Crippen LogP contribution in [-0.4, -0.2) is 28.2 Å². The summed E-state index contributed by atoms with van der Waals surface area (Å²) in [5.41, 5.74) is 2.83. The molecule has 1 atom stereocenters. The molecule has 4 heteroatoms. The van der Waals surface area contributed by atoms with Crippen LogP contribution in [-0.2, 0) is 6.54 Å². The molecule has 1 aromatic heterocycles. The number of hydrogen-bond donors (Lipinski definition) is 2. The summed E-state index contributed by atoms with van der Waals surface area (Å²) in [6.07, 6.45) is 4.17.